The van der Waals surface area contributed by atoms with Gasteiger partial charge in [-0.05, 0) is 25.7 Å². The fourth-order valence-electron chi connectivity index (χ4n) is 4.11. The first-order valence-electron chi connectivity index (χ1n) is 9.10. The second kappa shape index (κ2) is 6.07. The van der Waals surface area contributed by atoms with Crippen molar-refractivity contribution in [2.75, 3.05) is 6.54 Å². The molecule has 1 aliphatic carbocycles. The van der Waals surface area contributed by atoms with Crippen LogP contribution in [0.2, 0.25) is 0 Å². The van der Waals surface area contributed by atoms with E-state index in [-0.39, 0.29) is 5.91 Å². The van der Waals surface area contributed by atoms with Gasteiger partial charge in [0.1, 0.15) is 0 Å². The maximum atomic E-state index is 13.0. The van der Waals surface area contributed by atoms with Crippen LogP contribution < -0.4 is 0 Å². The number of carbonyl (C=O) groups is 1. The number of aromatic nitrogens is 4. The molecule has 0 unspecified atom stereocenters. The number of hydrogen-bond donors (Lipinski definition) is 2. The average Bonchev–Trinajstić information content (AvgIpc) is 3.28. The Kier molecular flexibility index (Phi) is 3.90. The first kappa shape index (κ1) is 15.4. The zero-order valence-electron chi connectivity index (χ0n) is 14.5. The Labute approximate surface area is 142 Å². The fourth-order valence-corrected chi connectivity index (χ4v) is 4.11. The van der Waals surface area contributed by atoms with Gasteiger partial charge < -0.3 is 4.90 Å². The zero-order chi connectivity index (χ0) is 16.7. The number of H-pyrrole nitrogens is 2. The number of amides is 1. The summed E-state index contributed by atoms with van der Waals surface area (Å²) in [6, 6.07) is 0. The van der Waals surface area contributed by atoms with Gasteiger partial charge in [0, 0.05) is 47.9 Å². The van der Waals surface area contributed by atoms with Gasteiger partial charge in [0.05, 0.1) is 5.69 Å². The van der Waals surface area contributed by atoms with Crippen molar-refractivity contribution in [3.8, 4) is 0 Å². The summed E-state index contributed by atoms with van der Waals surface area (Å²) in [5.41, 5.74) is 6.48. The smallest absolute Gasteiger partial charge is 0.274 e. The van der Waals surface area contributed by atoms with Gasteiger partial charge in [0.2, 0.25) is 0 Å². The summed E-state index contributed by atoms with van der Waals surface area (Å²) < 4.78 is 0. The number of nitrogens with zero attached hydrogens (tertiary/aromatic N) is 3. The van der Waals surface area contributed by atoms with Gasteiger partial charge in [-0.15, -0.1) is 0 Å². The molecule has 2 aromatic heterocycles. The molecule has 0 saturated heterocycles. The first-order chi connectivity index (χ1) is 11.7. The van der Waals surface area contributed by atoms with E-state index in [4.69, 9.17) is 0 Å². The average molecular weight is 327 g/mol. The van der Waals surface area contributed by atoms with Gasteiger partial charge in [0.15, 0.2) is 5.69 Å². The van der Waals surface area contributed by atoms with Crippen molar-refractivity contribution in [3.63, 3.8) is 0 Å². The molecule has 0 fully saturated rings. The molecule has 2 aromatic rings. The summed E-state index contributed by atoms with van der Waals surface area (Å²) in [7, 11) is 0. The summed E-state index contributed by atoms with van der Waals surface area (Å²) in [4.78, 5) is 14.9. The van der Waals surface area contributed by atoms with E-state index in [1.54, 1.807) is 0 Å². The Morgan fingerprint density at radius 3 is 2.79 bits per heavy atom. The second-order valence-electron chi connectivity index (χ2n) is 7.12. The normalized spacial score (nSPS) is 17.7. The minimum absolute atomic E-state index is 0.0651. The van der Waals surface area contributed by atoms with Gasteiger partial charge in [-0.1, -0.05) is 20.3 Å². The Bertz CT molecular complexity index is 760. The lowest BCUT2D eigenvalue weighted by molar-refractivity contribution is 0.0726. The SMILES string of the molecule is CCC[C@@H](C)c1n[nH]c2c1CN(C(=O)c1n[nH]c3c1CCC3)CC2. The van der Waals surface area contributed by atoms with Crippen LogP contribution in [0.4, 0.5) is 0 Å². The van der Waals surface area contributed by atoms with Gasteiger partial charge in [-0.2, -0.15) is 10.2 Å². The van der Waals surface area contributed by atoms with E-state index < -0.39 is 0 Å². The van der Waals surface area contributed by atoms with Crippen molar-refractivity contribution in [2.45, 2.75) is 64.8 Å². The molecule has 0 aromatic carbocycles. The minimum Gasteiger partial charge on any atom is -0.332 e. The maximum absolute atomic E-state index is 13.0. The van der Waals surface area contributed by atoms with Crippen molar-refractivity contribution in [3.05, 3.63) is 33.9 Å². The van der Waals surface area contributed by atoms with E-state index >= 15 is 0 Å². The predicted octanol–water partition coefficient (Wildman–Crippen LogP) is 2.72. The molecule has 2 N–H and O–H groups in total. The lowest BCUT2D eigenvalue weighted by Gasteiger charge is -2.27. The van der Waals surface area contributed by atoms with Crippen molar-refractivity contribution < 1.29 is 4.79 Å². The molecule has 0 spiro atoms. The number of carbonyl (C=O) groups excluding carboxylic acids is 1. The van der Waals surface area contributed by atoms with Crippen LogP contribution in [0.15, 0.2) is 0 Å². The van der Waals surface area contributed by atoms with Crippen LogP contribution in [0.25, 0.3) is 0 Å². The van der Waals surface area contributed by atoms with Crippen LogP contribution in [0.1, 0.15) is 77.7 Å². The molecule has 4 rings (SSSR count). The molecule has 3 heterocycles. The fraction of sp³-hybridized carbons (Fsp3) is 0.611. The first-order valence-corrected chi connectivity index (χ1v) is 9.10. The quantitative estimate of drug-likeness (QED) is 0.906. The number of rotatable bonds is 4. The summed E-state index contributed by atoms with van der Waals surface area (Å²) in [6.45, 7) is 5.80. The van der Waals surface area contributed by atoms with Crippen molar-refractivity contribution in [1.82, 2.24) is 25.3 Å². The molecule has 1 amide bonds. The highest BCUT2D eigenvalue weighted by atomic mass is 16.2. The number of aryl methyl sites for hydroxylation is 1. The standard InChI is InChI=1S/C18H25N5O/c1-3-5-11(2)16-13-10-23(9-8-15(13)20-21-16)18(24)17-12-6-4-7-14(12)19-22-17/h11H,3-10H2,1-2H3,(H,19,22)(H,20,21)/t11-/m1/s1. The number of fused-ring (bicyclic) bond motifs is 2. The molecule has 0 bridgehead atoms. The highest BCUT2D eigenvalue weighted by Crippen LogP contribution is 2.30. The summed E-state index contributed by atoms with van der Waals surface area (Å²) in [6.07, 6.45) is 6.22. The molecule has 2 aliphatic rings. The molecule has 6 heteroatoms. The van der Waals surface area contributed by atoms with E-state index in [0.717, 1.165) is 62.0 Å². The van der Waals surface area contributed by atoms with Crippen molar-refractivity contribution in [1.29, 1.82) is 0 Å². The van der Waals surface area contributed by atoms with Crippen LogP contribution >= 0.6 is 0 Å². The molecule has 6 nitrogen and oxygen atoms in total. The Balaban J connectivity index is 1.57. The molecule has 128 valence electrons. The van der Waals surface area contributed by atoms with Crippen LogP contribution in [-0.2, 0) is 25.8 Å². The van der Waals surface area contributed by atoms with E-state index in [1.165, 1.54) is 11.3 Å². The summed E-state index contributed by atoms with van der Waals surface area (Å²) >= 11 is 0. The molecule has 1 atom stereocenters. The van der Waals surface area contributed by atoms with Gasteiger partial charge >= 0.3 is 0 Å². The lowest BCUT2D eigenvalue weighted by Crippen LogP contribution is -2.36. The van der Waals surface area contributed by atoms with E-state index in [2.05, 4.69) is 34.2 Å². The number of nitrogens with one attached hydrogen (secondary N) is 2. The minimum atomic E-state index is 0.0651. The van der Waals surface area contributed by atoms with Gasteiger partial charge in [-0.25, -0.2) is 0 Å². The topological polar surface area (TPSA) is 77.7 Å². The Morgan fingerprint density at radius 2 is 1.96 bits per heavy atom. The summed E-state index contributed by atoms with van der Waals surface area (Å²) in [5, 5.41) is 15.1. The van der Waals surface area contributed by atoms with Crippen molar-refractivity contribution >= 4 is 5.91 Å². The van der Waals surface area contributed by atoms with E-state index in [9.17, 15) is 4.79 Å². The molecule has 1 aliphatic heterocycles. The summed E-state index contributed by atoms with van der Waals surface area (Å²) in [5.74, 6) is 0.495. The van der Waals surface area contributed by atoms with Crippen LogP contribution in [0.3, 0.4) is 0 Å². The van der Waals surface area contributed by atoms with Crippen LogP contribution in [0.5, 0.6) is 0 Å². The maximum Gasteiger partial charge on any atom is 0.274 e. The molecule has 24 heavy (non-hydrogen) atoms. The monoisotopic (exact) mass is 327 g/mol. The molecule has 0 saturated carbocycles. The largest absolute Gasteiger partial charge is 0.332 e. The van der Waals surface area contributed by atoms with Gasteiger partial charge in [-0.3, -0.25) is 15.0 Å². The lowest BCUT2D eigenvalue weighted by atomic mass is 9.95. The molecular weight excluding hydrogens is 302 g/mol. The molecule has 0 radical (unpaired) electrons. The number of aromatic amines is 2. The Morgan fingerprint density at radius 1 is 1.17 bits per heavy atom. The second-order valence-corrected chi connectivity index (χ2v) is 7.12. The van der Waals surface area contributed by atoms with Crippen molar-refractivity contribution in [2.24, 2.45) is 0 Å². The van der Waals surface area contributed by atoms with E-state index in [0.29, 0.717) is 18.2 Å². The highest BCUT2D eigenvalue weighted by Gasteiger charge is 2.31. The highest BCUT2D eigenvalue weighted by molar-refractivity contribution is 5.94. The van der Waals surface area contributed by atoms with E-state index in [1.807, 2.05) is 4.90 Å². The Hall–Kier alpha value is -2.11. The number of hydrogen-bond acceptors (Lipinski definition) is 3. The van der Waals surface area contributed by atoms with Crippen LogP contribution in [0, 0.1) is 0 Å². The zero-order valence-corrected chi connectivity index (χ0v) is 14.5. The molecular formula is C18H25N5O. The van der Waals surface area contributed by atoms with Crippen LogP contribution in [-0.4, -0.2) is 37.7 Å². The van der Waals surface area contributed by atoms with Gasteiger partial charge in [0.25, 0.3) is 5.91 Å². The third-order valence-electron chi connectivity index (χ3n) is 5.45. The third kappa shape index (κ3) is 2.44. The predicted molar refractivity (Wildman–Crippen MR) is 91.0 cm³/mol. The third-order valence-corrected chi connectivity index (χ3v) is 5.45.